The number of hydrogen-bond donors (Lipinski definition) is 2. The fourth-order valence-corrected chi connectivity index (χ4v) is 1.90. The summed E-state index contributed by atoms with van der Waals surface area (Å²) in [6, 6.07) is 4.84. The number of carbonyl (C=O) groups is 1. The van der Waals surface area contributed by atoms with Crippen LogP contribution in [0.2, 0.25) is 0 Å². The second kappa shape index (κ2) is 5.18. The minimum Gasteiger partial charge on any atom is -0.478 e. The molecule has 0 aliphatic rings. The summed E-state index contributed by atoms with van der Waals surface area (Å²) < 4.78 is 5.63. The van der Waals surface area contributed by atoms with E-state index in [4.69, 9.17) is 9.63 Å². The van der Waals surface area contributed by atoms with Gasteiger partial charge in [0, 0.05) is 10.2 Å². The minimum absolute atomic E-state index is 0.202. The van der Waals surface area contributed by atoms with Crippen molar-refractivity contribution in [3.05, 3.63) is 40.0 Å². The summed E-state index contributed by atoms with van der Waals surface area (Å²) in [6.07, 6.45) is 0. The van der Waals surface area contributed by atoms with Crippen molar-refractivity contribution >= 4 is 27.6 Å². The second-order valence-corrected chi connectivity index (χ2v) is 4.54. The number of hydrogen-bond acceptors (Lipinski definition) is 5. The zero-order valence-corrected chi connectivity index (χ0v) is 11.1. The molecule has 0 aliphatic carbocycles. The van der Waals surface area contributed by atoms with Crippen molar-refractivity contribution in [1.29, 1.82) is 0 Å². The Labute approximate surface area is 111 Å². The van der Waals surface area contributed by atoms with Gasteiger partial charge in [0.05, 0.1) is 12.1 Å². The maximum atomic E-state index is 10.9. The number of nitrogens with one attached hydrogen (secondary N) is 1. The first-order chi connectivity index (χ1) is 8.54. The number of aryl methyl sites for hydroxylation is 1. The molecule has 0 saturated carbocycles. The summed E-state index contributed by atoms with van der Waals surface area (Å²) in [7, 11) is 0. The molecule has 0 bridgehead atoms. The highest BCUT2D eigenvalue weighted by molar-refractivity contribution is 9.10. The van der Waals surface area contributed by atoms with E-state index in [-0.39, 0.29) is 5.56 Å². The van der Waals surface area contributed by atoms with Crippen LogP contribution in [0.4, 0.5) is 5.69 Å². The Morgan fingerprint density at radius 3 is 2.89 bits per heavy atom. The minimum atomic E-state index is -0.979. The lowest BCUT2D eigenvalue weighted by molar-refractivity contribution is 0.0697. The third-order valence-corrected chi connectivity index (χ3v) is 2.62. The number of aromatic nitrogens is 2. The van der Waals surface area contributed by atoms with Crippen molar-refractivity contribution in [2.45, 2.75) is 13.5 Å². The first kappa shape index (κ1) is 12.6. The zero-order valence-electron chi connectivity index (χ0n) is 9.48. The third-order valence-electron chi connectivity index (χ3n) is 2.16. The van der Waals surface area contributed by atoms with Crippen LogP contribution in [0, 0.1) is 6.92 Å². The number of carboxylic acids is 1. The number of nitrogens with zero attached hydrogens (tertiary/aromatic N) is 2. The molecule has 0 radical (unpaired) electrons. The van der Waals surface area contributed by atoms with Crippen molar-refractivity contribution in [3.63, 3.8) is 0 Å². The molecule has 0 fully saturated rings. The van der Waals surface area contributed by atoms with Gasteiger partial charge in [-0.1, -0.05) is 21.1 Å². The molecule has 1 aromatic heterocycles. The molecule has 0 amide bonds. The van der Waals surface area contributed by atoms with E-state index in [0.717, 1.165) is 0 Å². The van der Waals surface area contributed by atoms with Crippen LogP contribution in [0.1, 0.15) is 22.1 Å². The molecule has 0 spiro atoms. The molecule has 0 unspecified atom stereocenters. The van der Waals surface area contributed by atoms with Crippen molar-refractivity contribution in [2.75, 3.05) is 5.32 Å². The Balaban J connectivity index is 2.11. The third kappa shape index (κ3) is 3.07. The highest BCUT2D eigenvalue weighted by Crippen LogP contribution is 2.20. The Hall–Kier alpha value is -1.89. The maximum absolute atomic E-state index is 10.9. The Morgan fingerprint density at radius 2 is 2.28 bits per heavy atom. The van der Waals surface area contributed by atoms with Gasteiger partial charge in [0.1, 0.15) is 0 Å². The van der Waals surface area contributed by atoms with Crippen LogP contribution < -0.4 is 5.32 Å². The molecule has 6 nitrogen and oxygen atoms in total. The highest BCUT2D eigenvalue weighted by Gasteiger charge is 2.07. The second-order valence-electron chi connectivity index (χ2n) is 3.62. The molecule has 2 N–H and O–H groups in total. The molecular weight excluding hydrogens is 302 g/mol. The summed E-state index contributed by atoms with van der Waals surface area (Å²) in [5, 5.41) is 15.6. The molecule has 7 heteroatoms. The van der Waals surface area contributed by atoms with E-state index in [1.807, 2.05) is 0 Å². The van der Waals surface area contributed by atoms with Gasteiger partial charge in [0.2, 0.25) is 5.89 Å². The Kier molecular flexibility index (Phi) is 3.61. The molecule has 1 heterocycles. The quantitative estimate of drug-likeness (QED) is 0.901. The van der Waals surface area contributed by atoms with E-state index in [1.54, 1.807) is 13.0 Å². The number of rotatable bonds is 4. The number of halogens is 1. The molecule has 94 valence electrons. The van der Waals surface area contributed by atoms with E-state index in [0.29, 0.717) is 28.4 Å². The largest absolute Gasteiger partial charge is 0.478 e. The average molecular weight is 312 g/mol. The molecule has 0 aliphatic heterocycles. The van der Waals surface area contributed by atoms with Gasteiger partial charge in [-0.25, -0.2) is 4.79 Å². The lowest BCUT2D eigenvalue weighted by Crippen LogP contribution is -2.02. The fourth-order valence-electron chi connectivity index (χ4n) is 1.40. The molecule has 18 heavy (non-hydrogen) atoms. The topological polar surface area (TPSA) is 88.2 Å². The number of carboxylic acid groups (broad SMARTS) is 1. The van der Waals surface area contributed by atoms with Crippen molar-refractivity contribution in [2.24, 2.45) is 0 Å². The van der Waals surface area contributed by atoms with Gasteiger partial charge < -0.3 is 14.9 Å². The van der Waals surface area contributed by atoms with Gasteiger partial charge in [0.25, 0.3) is 0 Å². The van der Waals surface area contributed by atoms with Gasteiger partial charge in [-0.3, -0.25) is 0 Å². The highest BCUT2D eigenvalue weighted by atomic mass is 79.9. The monoisotopic (exact) mass is 311 g/mol. The van der Waals surface area contributed by atoms with E-state index in [9.17, 15) is 4.79 Å². The number of aromatic carboxylic acids is 1. The molecule has 1 aromatic carbocycles. The summed E-state index contributed by atoms with van der Waals surface area (Å²) in [5.41, 5.74) is 0.867. The number of anilines is 1. The number of benzene rings is 1. The van der Waals surface area contributed by atoms with Crippen molar-refractivity contribution in [1.82, 2.24) is 10.1 Å². The molecule has 2 aromatic rings. The first-order valence-electron chi connectivity index (χ1n) is 5.11. The molecule has 0 saturated heterocycles. The predicted octanol–water partition coefficient (Wildman–Crippen LogP) is 2.45. The van der Waals surface area contributed by atoms with Crippen LogP contribution in [-0.2, 0) is 6.54 Å². The maximum Gasteiger partial charge on any atom is 0.335 e. The van der Waals surface area contributed by atoms with Crippen LogP contribution in [0.25, 0.3) is 0 Å². The smallest absolute Gasteiger partial charge is 0.335 e. The average Bonchev–Trinajstić information content (AvgIpc) is 2.72. The normalized spacial score (nSPS) is 10.3. The van der Waals surface area contributed by atoms with Crippen LogP contribution in [0.15, 0.2) is 27.2 Å². The van der Waals surface area contributed by atoms with Crippen LogP contribution in [0.5, 0.6) is 0 Å². The standard InChI is InChI=1S/C11H10BrN3O3/c1-6-14-10(18-15-6)5-13-9-3-7(11(16)17)2-8(12)4-9/h2-4,13H,5H2,1H3,(H,16,17). The Morgan fingerprint density at radius 1 is 1.50 bits per heavy atom. The van der Waals surface area contributed by atoms with Crippen molar-refractivity contribution < 1.29 is 14.4 Å². The predicted molar refractivity (Wildman–Crippen MR) is 67.5 cm³/mol. The lowest BCUT2D eigenvalue weighted by atomic mass is 10.2. The molecule has 2 rings (SSSR count). The summed E-state index contributed by atoms with van der Waals surface area (Å²) in [4.78, 5) is 14.9. The van der Waals surface area contributed by atoms with Gasteiger partial charge in [-0.2, -0.15) is 4.98 Å². The Bertz CT molecular complexity index is 583. The van der Waals surface area contributed by atoms with E-state index < -0.39 is 5.97 Å². The van der Waals surface area contributed by atoms with Crippen molar-refractivity contribution in [3.8, 4) is 0 Å². The fraction of sp³-hybridized carbons (Fsp3) is 0.182. The van der Waals surface area contributed by atoms with Gasteiger partial charge in [-0.15, -0.1) is 0 Å². The van der Waals surface area contributed by atoms with Crippen LogP contribution >= 0.6 is 15.9 Å². The van der Waals surface area contributed by atoms with Gasteiger partial charge in [-0.05, 0) is 25.1 Å². The molecular formula is C11H10BrN3O3. The summed E-state index contributed by atoms with van der Waals surface area (Å²) >= 11 is 3.26. The first-order valence-corrected chi connectivity index (χ1v) is 5.91. The lowest BCUT2D eigenvalue weighted by Gasteiger charge is -2.05. The van der Waals surface area contributed by atoms with E-state index in [2.05, 4.69) is 31.4 Å². The summed E-state index contributed by atoms with van der Waals surface area (Å²) in [6.45, 7) is 2.07. The van der Waals surface area contributed by atoms with Crippen LogP contribution in [0.3, 0.4) is 0 Å². The van der Waals surface area contributed by atoms with Crippen LogP contribution in [-0.4, -0.2) is 21.2 Å². The zero-order chi connectivity index (χ0) is 13.1. The SMILES string of the molecule is Cc1noc(CNc2cc(Br)cc(C(=O)O)c2)n1. The van der Waals surface area contributed by atoms with E-state index in [1.165, 1.54) is 12.1 Å². The van der Waals surface area contributed by atoms with Gasteiger partial charge in [0.15, 0.2) is 5.82 Å². The van der Waals surface area contributed by atoms with Gasteiger partial charge >= 0.3 is 5.97 Å². The van der Waals surface area contributed by atoms with E-state index >= 15 is 0 Å². The summed E-state index contributed by atoms with van der Waals surface area (Å²) in [5.74, 6) is 0.0320. The molecule has 0 atom stereocenters.